The van der Waals surface area contributed by atoms with Crippen molar-refractivity contribution in [3.63, 3.8) is 0 Å². The molecule has 0 aliphatic rings. The summed E-state index contributed by atoms with van der Waals surface area (Å²) in [6.45, 7) is 8.38. The van der Waals surface area contributed by atoms with Gasteiger partial charge in [-0.1, -0.05) is 0 Å². The monoisotopic (exact) mass is 651 g/mol. The smallest absolute Gasteiger partial charge is 0.262 e. The van der Waals surface area contributed by atoms with Crippen LogP contribution < -0.4 is 4.94 Å². The first-order chi connectivity index (χ1) is 18.6. The van der Waals surface area contributed by atoms with Crippen LogP contribution in [0.3, 0.4) is 0 Å². The molecule has 3 rings (SSSR count). The molecule has 3 aromatic heterocycles. The molecule has 0 fully saturated rings. The predicted octanol–water partition coefficient (Wildman–Crippen LogP) is 7.33. The van der Waals surface area contributed by atoms with E-state index >= 15 is 0 Å². The maximum atomic E-state index is 11.7. The first-order valence-electron chi connectivity index (χ1n) is 8.67. The van der Waals surface area contributed by atoms with Gasteiger partial charge in [0.2, 0.25) is 16.8 Å². The second-order valence-electron chi connectivity index (χ2n) is 5.29. The number of aromatic nitrogens is 9. The third-order valence-corrected chi connectivity index (χ3v) is 2.50. The van der Waals surface area contributed by atoms with Gasteiger partial charge in [0.05, 0.1) is 0 Å². The van der Waals surface area contributed by atoms with Crippen LogP contribution in [-0.4, -0.2) is 45.5 Å². The molecule has 0 radical (unpaired) electrons. The van der Waals surface area contributed by atoms with Gasteiger partial charge in [0.1, 0.15) is 18.0 Å². The average molecular weight is 651 g/mol. The van der Waals surface area contributed by atoms with Crippen molar-refractivity contribution in [1.29, 1.82) is 0 Å². The highest BCUT2D eigenvalue weighted by Crippen LogP contribution is 2.26. The third kappa shape index (κ3) is 27.1. The Balaban J connectivity index is -0.000000446. The van der Waals surface area contributed by atoms with Crippen LogP contribution >= 0.6 is 12.1 Å². The van der Waals surface area contributed by atoms with Crippen LogP contribution in [0, 0.1) is 13.0 Å². The standard InChI is InChI=1S/C3HF4N3O.C3HF4N3.C3H4FN3S.3C2H2F2/c4-3(5,6)1-8-2(11-7)10-9-1;4-2-8-1(9-10-2)3(5,6)7;1-2-5-3(8-4)7-6-2;3*1-2(3)4/h(H,8,9,10);(H,8,9,10);1H3,(H,5,6,7);3*1H2. The van der Waals surface area contributed by atoms with Gasteiger partial charge in [-0.25, -0.2) is 9.93 Å². The number of hydrogen-bond acceptors (Lipinski definition) is 8. The van der Waals surface area contributed by atoms with E-state index in [1.807, 2.05) is 0 Å². The quantitative estimate of drug-likeness (QED) is 0.246. The van der Waals surface area contributed by atoms with Gasteiger partial charge in [0.25, 0.3) is 18.2 Å². The molecule has 0 aliphatic heterocycles. The number of aromatic amines is 3. The lowest BCUT2D eigenvalue weighted by molar-refractivity contribution is -0.145. The van der Waals surface area contributed by atoms with E-state index in [1.54, 1.807) is 6.92 Å². The van der Waals surface area contributed by atoms with Gasteiger partial charge >= 0.3 is 24.4 Å². The van der Waals surface area contributed by atoms with Crippen molar-refractivity contribution in [2.75, 3.05) is 0 Å². The van der Waals surface area contributed by atoms with Crippen LogP contribution in [-0.2, 0) is 12.4 Å². The molecule has 0 atom stereocenters. The number of halogens is 15. The third-order valence-electron chi connectivity index (χ3n) is 2.17. The molecule has 3 heterocycles. The zero-order chi connectivity index (χ0) is 33.0. The van der Waals surface area contributed by atoms with Crippen LogP contribution in [0.25, 0.3) is 0 Å². The van der Waals surface area contributed by atoms with Crippen LogP contribution in [0.2, 0.25) is 0 Å². The summed E-state index contributed by atoms with van der Waals surface area (Å²) in [6, 6.07) is -0.989. The molecular weight excluding hydrogens is 639 g/mol. The molecule has 0 saturated heterocycles. The van der Waals surface area contributed by atoms with Gasteiger partial charge in [0.15, 0.2) is 0 Å². The molecule has 3 N–H and O–H groups in total. The number of aryl methyl sites for hydroxylation is 1. The zero-order valence-corrected chi connectivity index (χ0v) is 20.1. The van der Waals surface area contributed by atoms with Gasteiger partial charge in [0, 0.05) is 4.53 Å². The lowest BCUT2D eigenvalue weighted by Gasteiger charge is -1.97. The van der Waals surface area contributed by atoms with Crippen molar-refractivity contribution in [2.45, 2.75) is 24.4 Å². The lowest BCUT2D eigenvalue weighted by Crippen LogP contribution is -2.07. The summed E-state index contributed by atoms with van der Waals surface area (Å²) in [5.41, 5.74) is 0. The Morgan fingerprint density at radius 2 is 1.10 bits per heavy atom. The molecule has 10 nitrogen and oxygen atoms in total. The normalized spacial score (nSPS) is 9.85. The number of nitrogens with one attached hydrogen (secondary N) is 3. The van der Waals surface area contributed by atoms with Crippen molar-refractivity contribution >= 4 is 12.1 Å². The van der Waals surface area contributed by atoms with Crippen molar-refractivity contribution in [1.82, 2.24) is 45.5 Å². The molecule has 3 aromatic rings. The second kappa shape index (κ2) is 20.6. The fourth-order valence-corrected chi connectivity index (χ4v) is 1.38. The molecular formula is C15H12F15N9OS. The summed E-state index contributed by atoms with van der Waals surface area (Å²) in [5.74, 6) is -2.19. The number of alkyl halides is 6. The Hall–Kier alpha value is -4.26. The molecule has 41 heavy (non-hydrogen) atoms. The number of rotatable bonds is 2. The van der Waals surface area contributed by atoms with Gasteiger partial charge in [-0.05, 0) is 26.7 Å². The Morgan fingerprint density at radius 1 is 0.707 bits per heavy atom. The number of H-pyrrole nitrogens is 3. The highest BCUT2D eigenvalue weighted by Gasteiger charge is 2.36. The van der Waals surface area contributed by atoms with Crippen molar-refractivity contribution in [3.05, 3.63) is 61.5 Å². The van der Waals surface area contributed by atoms with Crippen molar-refractivity contribution in [2.24, 2.45) is 0 Å². The first kappa shape index (κ1) is 41.2. The SMILES string of the molecule is C=C(F)F.C=C(F)F.C=C(F)F.Cc1nc(SF)n[nH]1.FOc1n[nH]c(C(F)(F)F)n1.Fc1n[nH]c(C(F)(F)F)n1. The fraction of sp³-hybridized carbons (Fsp3) is 0.200. The van der Waals surface area contributed by atoms with Gasteiger partial charge < -0.3 is 0 Å². The van der Waals surface area contributed by atoms with E-state index in [0.717, 1.165) is 0 Å². The summed E-state index contributed by atoms with van der Waals surface area (Å²) in [6.07, 6.45) is -16.2. The highest BCUT2D eigenvalue weighted by molar-refractivity contribution is 7.94. The maximum absolute atomic E-state index is 11.7. The Kier molecular flexibility index (Phi) is 20.7. The van der Waals surface area contributed by atoms with E-state index in [9.17, 15) is 65.5 Å². The minimum absolute atomic E-state index is 0.0362. The van der Waals surface area contributed by atoms with E-state index < -0.39 is 54.3 Å². The summed E-state index contributed by atoms with van der Waals surface area (Å²) in [4.78, 5) is 11.5. The molecule has 26 heteroatoms. The van der Waals surface area contributed by atoms with Crippen molar-refractivity contribution in [3.8, 4) is 6.01 Å². The Labute approximate surface area is 221 Å². The van der Waals surface area contributed by atoms with E-state index in [0.29, 0.717) is 5.82 Å². The summed E-state index contributed by atoms with van der Waals surface area (Å²) in [5, 5.41) is 14.3. The molecule has 0 amide bonds. The second-order valence-corrected chi connectivity index (χ2v) is 5.81. The fourth-order valence-electron chi connectivity index (χ4n) is 1.13. The maximum Gasteiger partial charge on any atom is 0.451 e. The largest absolute Gasteiger partial charge is 0.451 e. The molecule has 0 aliphatic carbocycles. The molecule has 0 aromatic carbocycles. The minimum Gasteiger partial charge on any atom is -0.262 e. The van der Waals surface area contributed by atoms with Gasteiger partial charge in [-0.3, -0.25) is 15.3 Å². The topological polar surface area (TPSA) is 134 Å². The van der Waals surface area contributed by atoms with Gasteiger partial charge in [-0.15, -0.1) is 15.3 Å². The van der Waals surface area contributed by atoms with Crippen LogP contribution in [0.4, 0.5) is 65.5 Å². The molecule has 0 bridgehead atoms. The van der Waals surface area contributed by atoms with Crippen molar-refractivity contribution < 1.29 is 70.4 Å². The predicted molar refractivity (Wildman–Crippen MR) is 107 cm³/mol. The number of hydrogen-bond donors (Lipinski definition) is 3. The first-order valence-corrected chi connectivity index (χ1v) is 9.38. The van der Waals surface area contributed by atoms with Crippen LogP contribution in [0.15, 0.2) is 43.1 Å². The summed E-state index contributed by atoms with van der Waals surface area (Å²) < 4.78 is 165. The highest BCUT2D eigenvalue weighted by atomic mass is 32.2. The number of nitrogens with zero attached hydrogens (tertiary/aromatic N) is 6. The molecule has 234 valence electrons. The van der Waals surface area contributed by atoms with Crippen LogP contribution in [0.5, 0.6) is 6.01 Å². The average Bonchev–Trinajstić information content (AvgIpc) is 3.53. The minimum atomic E-state index is -4.66. The van der Waals surface area contributed by atoms with E-state index in [-0.39, 0.29) is 17.3 Å². The molecule has 0 saturated carbocycles. The lowest BCUT2D eigenvalue weighted by atomic mass is 10.6. The van der Waals surface area contributed by atoms with Gasteiger partial charge in [-0.2, -0.15) is 70.9 Å². The van der Waals surface area contributed by atoms with Crippen LogP contribution in [0.1, 0.15) is 17.5 Å². The summed E-state index contributed by atoms with van der Waals surface area (Å²) >= 11 is 0.0362. The molecule has 0 spiro atoms. The van der Waals surface area contributed by atoms with E-state index in [1.165, 1.54) is 10.2 Å². The Bertz CT molecular complexity index is 1120. The zero-order valence-electron chi connectivity index (χ0n) is 19.3. The van der Waals surface area contributed by atoms with E-state index in [4.69, 9.17) is 0 Å². The molecule has 0 unspecified atom stereocenters. The van der Waals surface area contributed by atoms with E-state index in [2.05, 4.69) is 60.0 Å². The summed E-state index contributed by atoms with van der Waals surface area (Å²) in [7, 11) is 0. The Morgan fingerprint density at radius 3 is 1.27 bits per heavy atom.